The van der Waals surface area contributed by atoms with Gasteiger partial charge in [0.1, 0.15) is 0 Å². The van der Waals surface area contributed by atoms with Crippen molar-refractivity contribution in [1.82, 2.24) is 19.8 Å². The Morgan fingerprint density at radius 1 is 0.788 bits per heavy atom. The zero-order chi connectivity index (χ0) is 22.6. The summed E-state index contributed by atoms with van der Waals surface area (Å²) in [4.78, 5) is 40.9. The molecule has 168 valence electrons. The van der Waals surface area contributed by atoms with E-state index < -0.39 is 0 Å². The predicted molar refractivity (Wildman–Crippen MR) is 125 cm³/mol. The number of carbonyl (C=O) groups excluding carboxylic acids is 2. The molecule has 2 aliphatic heterocycles. The zero-order valence-corrected chi connectivity index (χ0v) is 18.5. The first-order valence-electron chi connectivity index (χ1n) is 11.4. The van der Waals surface area contributed by atoms with Gasteiger partial charge in [-0.1, -0.05) is 60.7 Å². The van der Waals surface area contributed by atoms with Gasteiger partial charge in [0.2, 0.25) is 17.8 Å². The van der Waals surface area contributed by atoms with Gasteiger partial charge < -0.3 is 4.90 Å². The Morgan fingerprint density at radius 3 is 1.94 bits per heavy atom. The average Bonchev–Trinajstić information content (AvgIpc) is 3.14. The van der Waals surface area contributed by atoms with Crippen molar-refractivity contribution in [2.45, 2.75) is 12.3 Å². The van der Waals surface area contributed by atoms with E-state index in [-0.39, 0.29) is 30.1 Å². The standard InChI is InChI=1S/C26H27N5O2/c32-23-18-22(24(20-8-3-1-4-9-20)21-10-5-2-6-11-21)25(33)31(23)19-29-14-16-30(17-15-29)26-27-12-7-13-28-26/h1-13,22,24H,14-19H2. The van der Waals surface area contributed by atoms with Crippen LogP contribution in [0, 0.1) is 5.92 Å². The van der Waals surface area contributed by atoms with Crippen LogP contribution in [0.1, 0.15) is 23.5 Å². The zero-order valence-electron chi connectivity index (χ0n) is 18.5. The third kappa shape index (κ3) is 4.50. The van der Waals surface area contributed by atoms with Crippen LogP contribution in [-0.4, -0.2) is 64.4 Å². The van der Waals surface area contributed by atoms with Crippen LogP contribution in [0.4, 0.5) is 5.95 Å². The summed E-state index contributed by atoms with van der Waals surface area (Å²) in [5.41, 5.74) is 2.13. The predicted octanol–water partition coefficient (Wildman–Crippen LogP) is 2.76. The summed E-state index contributed by atoms with van der Waals surface area (Å²) in [7, 11) is 0. The van der Waals surface area contributed by atoms with Gasteiger partial charge in [-0.15, -0.1) is 0 Å². The van der Waals surface area contributed by atoms with E-state index >= 15 is 0 Å². The molecular weight excluding hydrogens is 414 g/mol. The van der Waals surface area contributed by atoms with Gasteiger partial charge in [0.15, 0.2) is 0 Å². The molecule has 2 saturated heterocycles. The van der Waals surface area contributed by atoms with Gasteiger partial charge in [0.05, 0.1) is 12.6 Å². The molecule has 5 rings (SSSR count). The highest BCUT2D eigenvalue weighted by molar-refractivity contribution is 6.04. The highest BCUT2D eigenvalue weighted by atomic mass is 16.2. The number of amides is 2. The molecule has 0 radical (unpaired) electrons. The van der Waals surface area contributed by atoms with Crippen molar-refractivity contribution in [3.8, 4) is 0 Å². The molecule has 1 aromatic heterocycles. The van der Waals surface area contributed by atoms with E-state index in [0.29, 0.717) is 6.67 Å². The maximum atomic E-state index is 13.5. The number of nitrogens with zero attached hydrogens (tertiary/aromatic N) is 5. The second-order valence-corrected chi connectivity index (χ2v) is 8.56. The Bertz CT molecular complexity index is 1050. The fourth-order valence-electron chi connectivity index (χ4n) is 4.84. The molecule has 0 N–H and O–H groups in total. The molecule has 2 fully saturated rings. The number of hydrogen-bond acceptors (Lipinski definition) is 6. The molecule has 0 bridgehead atoms. The second-order valence-electron chi connectivity index (χ2n) is 8.56. The lowest BCUT2D eigenvalue weighted by atomic mass is 9.80. The van der Waals surface area contributed by atoms with Crippen molar-refractivity contribution in [1.29, 1.82) is 0 Å². The Balaban J connectivity index is 1.29. The van der Waals surface area contributed by atoms with E-state index in [1.807, 2.05) is 60.7 Å². The molecule has 3 aromatic rings. The highest BCUT2D eigenvalue weighted by Crippen LogP contribution is 2.38. The first kappa shape index (κ1) is 21.3. The fourth-order valence-corrected chi connectivity index (χ4v) is 4.84. The molecule has 7 heteroatoms. The summed E-state index contributed by atoms with van der Waals surface area (Å²) in [5.74, 6) is 0.0311. The summed E-state index contributed by atoms with van der Waals surface area (Å²) in [6.45, 7) is 3.37. The van der Waals surface area contributed by atoms with Crippen LogP contribution in [0.15, 0.2) is 79.1 Å². The van der Waals surface area contributed by atoms with Crippen molar-refractivity contribution in [2.75, 3.05) is 37.7 Å². The largest absolute Gasteiger partial charge is 0.338 e. The summed E-state index contributed by atoms with van der Waals surface area (Å²) in [5, 5.41) is 0. The number of hydrogen-bond donors (Lipinski definition) is 0. The van der Waals surface area contributed by atoms with Crippen LogP contribution in [0.5, 0.6) is 0 Å². The Morgan fingerprint density at radius 2 is 1.36 bits per heavy atom. The third-order valence-corrected chi connectivity index (χ3v) is 6.55. The minimum absolute atomic E-state index is 0.0773. The number of piperazine rings is 1. The molecule has 0 spiro atoms. The third-order valence-electron chi connectivity index (χ3n) is 6.55. The van der Waals surface area contributed by atoms with Crippen molar-refractivity contribution >= 4 is 17.8 Å². The van der Waals surface area contributed by atoms with E-state index in [1.165, 1.54) is 4.90 Å². The number of aromatic nitrogens is 2. The molecule has 0 aliphatic carbocycles. The van der Waals surface area contributed by atoms with Gasteiger partial charge in [-0.3, -0.25) is 19.4 Å². The van der Waals surface area contributed by atoms with Gasteiger partial charge in [0.25, 0.3) is 0 Å². The molecule has 33 heavy (non-hydrogen) atoms. The van der Waals surface area contributed by atoms with Crippen LogP contribution in [0.2, 0.25) is 0 Å². The monoisotopic (exact) mass is 441 g/mol. The first-order valence-corrected chi connectivity index (χ1v) is 11.4. The number of anilines is 1. The smallest absolute Gasteiger partial charge is 0.234 e. The number of likely N-dealkylation sites (tertiary alicyclic amines) is 1. The Hall–Kier alpha value is -3.58. The molecule has 7 nitrogen and oxygen atoms in total. The average molecular weight is 442 g/mol. The molecule has 1 atom stereocenters. The molecule has 2 amide bonds. The maximum absolute atomic E-state index is 13.5. The SMILES string of the molecule is O=C1CC(C(c2ccccc2)c2ccccc2)C(=O)N1CN1CCN(c2ncccn2)CC1. The van der Waals surface area contributed by atoms with E-state index in [0.717, 1.165) is 43.3 Å². The van der Waals surface area contributed by atoms with E-state index in [1.54, 1.807) is 18.5 Å². The lowest BCUT2D eigenvalue weighted by Gasteiger charge is -2.36. The van der Waals surface area contributed by atoms with Gasteiger partial charge in [0, 0.05) is 50.9 Å². The maximum Gasteiger partial charge on any atom is 0.234 e. The van der Waals surface area contributed by atoms with Crippen LogP contribution in [0.25, 0.3) is 0 Å². The van der Waals surface area contributed by atoms with Crippen molar-refractivity contribution < 1.29 is 9.59 Å². The van der Waals surface area contributed by atoms with Crippen molar-refractivity contribution in [2.24, 2.45) is 5.92 Å². The fraction of sp³-hybridized carbons (Fsp3) is 0.308. The highest BCUT2D eigenvalue weighted by Gasteiger charge is 2.44. The lowest BCUT2D eigenvalue weighted by molar-refractivity contribution is -0.142. The normalized spacial score (nSPS) is 19.5. The van der Waals surface area contributed by atoms with E-state index in [2.05, 4.69) is 19.8 Å². The number of imide groups is 1. The molecule has 2 aromatic carbocycles. The number of benzene rings is 2. The van der Waals surface area contributed by atoms with Crippen LogP contribution < -0.4 is 4.90 Å². The van der Waals surface area contributed by atoms with Gasteiger partial charge in [-0.2, -0.15) is 0 Å². The summed E-state index contributed by atoms with van der Waals surface area (Å²) in [6, 6.07) is 21.9. The quantitative estimate of drug-likeness (QED) is 0.548. The second kappa shape index (κ2) is 9.50. The summed E-state index contributed by atoms with van der Waals surface area (Å²) < 4.78 is 0. The molecular formula is C26H27N5O2. The topological polar surface area (TPSA) is 69.6 Å². The van der Waals surface area contributed by atoms with Crippen molar-refractivity contribution in [3.05, 3.63) is 90.3 Å². The van der Waals surface area contributed by atoms with Crippen LogP contribution in [-0.2, 0) is 9.59 Å². The first-order chi connectivity index (χ1) is 16.2. The van der Waals surface area contributed by atoms with Crippen LogP contribution in [0.3, 0.4) is 0 Å². The summed E-state index contributed by atoms with van der Waals surface area (Å²) >= 11 is 0. The molecule has 0 saturated carbocycles. The minimum Gasteiger partial charge on any atom is -0.338 e. The number of carbonyl (C=O) groups is 2. The van der Waals surface area contributed by atoms with Crippen LogP contribution >= 0.6 is 0 Å². The summed E-state index contributed by atoms with van der Waals surface area (Å²) in [6.07, 6.45) is 3.73. The van der Waals surface area contributed by atoms with E-state index in [4.69, 9.17) is 0 Å². The van der Waals surface area contributed by atoms with Gasteiger partial charge in [-0.25, -0.2) is 9.97 Å². The number of rotatable bonds is 6. The molecule has 2 aliphatic rings. The molecule has 1 unspecified atom stereocenters. The van der Waals surface area contributed by atoms with Gasteiger partial charge >= 0.3 is 0 Å². The van der Waals surface area contributed by atoms with E-state index in [9.17, 15) is 9.59 Å². The lowest BCUT2D eigenvalue weighted by Crippen LogP contribution is -2.51. The van der Waals surface area contributed by atoms with Crippen molar-refractivity contribution in [3.63, 3.8) is 0 Å². The minimum atomic E-state index is -0.388. The Kier molecular flexibility index (Phi) is 6.13. The molecule has 3 heterocycles. The van der Waals surface area contributed by atoms with Gasteiger partial charge in [-0.05, 0) is 17.2 Å². The Labute approximate surface area is 193 Å².